The van der Waals surface area contributed by atoms with Crippen LogP contribution in [0.1, 0.15) is 24.5 Å². The van der Waals surface area contributed by atoms with E-state index in [0.29, 0.717) is 22.9 Å². The maximum Gasteiger partial charge on any atom is 0.262 e. The van der Waals surface area contributed by atoms with Crippen molar-refractivity contribution in [3.8, 4) is 0 Å². The van der Waals surface area contributed by atoms with Crippen LogP contribution in [0.3, 0.4) is 0 Å². The lowest BCUT2D eigenvalue weighted by Crippen LogP contribution is -2.23. The molecular formula is C22H23N5O2S. The fraction of sp³-hybridized carbons (Fsp3) is 0.273. The third-order valence-corrected chi connectivity index (χ3v) is 5.93. The lowest BCUT2D eigenvalue weighted by atomic mass is 10.1. The number of hydrogen-bond acceptors (Lipinski definition) is 5. The number of carbonyl (C=O) groups excluding carboxylic acids is 1. The molecule has 2 aromatic heterocycles. The van der Waals surface area contributed by atoms with Crippen LogP contribution >= 0.6 is 11.8 Å². The molecule has 0 aliphatic carbocycles. The Morgan fingerprint density at radius 3 is 2.53 bits per heavy atom. The number of aromatic nitrogens is 4. The molecule has 7 nitrogen and oxygen atoms in total. The maximum absolute atomic E-state index is 12.9. The van der Waals surface area contributed by atoms with E-state index in [1.807, 2.05) is 67.6 Å². The second-order valence-corrected chi connectivity index (χ2v) is 8.14. The summed E-state index contributed by atoms with van der Waals surface area (Å²) < 4.78 is 3.51. The summed E-state index contributed by atoms with van der Waals surface area (Å²) in [7, 11) is 0. The molecule has 30 heavy (non-hydrogen) atoms. The number of amides is 1. The van der Waals surface area contributed by atoms with Crippen LogP contribution in [0.25, 0.3) is 16.7 Å². The van der Waals surface area contributed by atoms with Crippen LogP contribution in [0.15, 0.2) is 52.4 Å². The van der Waals surface area contributed by atoms with Crippen LogP contribution in [0, 0.1) is 13.8 Å². The number of anilines is 1. The molecule has 0 bridgehead atoms. The molecule has 0 aliphatic rings. The first-order valence-corrected chi connectivity index (χ1v) is 10.9. The van der Waals surface area contributed by atoms with E-state index >= 15 is 0 Å². The Morgan fingerprint density at radius 1 is 1.07 bits per heavy atom. The van der Waals surface area contributed by atoms with Gasteiger partial charge in [0.05, 0.1) is 16.7 Å². The zero-order valence-electron chi connectivity index (χ0n) is 17.2. The van der Waals surface area contributed by atoms with Gasteiger partial charge in [-0.15, -0.1) is 10.2 Å². The average molecular weight is 422 g/mol. The zero-order chi connectivity index (χ0) is 21.3. The molecule has 2 aromatic carbocycles. The van der Waals surface area contributed by atoms with Crippen molar-refractivity contribution in [3.05, 3.63) is 63.9 Å². The molecule has 0 atom stereocenters. The monoisotopic (exact) mass is 421 g/mol. The van der Waals surface area contributed by atoms with E-state index in [4.69, 9.17) is 0 Å². The van der Waals surface area contributed by atoms with Gasteiger partial charge in [-0.1, -0.05) is 49.0 Å². The number of nitrogens with one attached hydrogen (secondary N) is 1. The average Bonchev–Trinajstić information content (AvgIpc) is 3.16. The van der Waals surface area contributed by atoms with E-state index in [0.717, 1.165) is 28.8 Å². The van der Waals surface area contributed by atoms with Crippen LogP contribution in [-0.4, -0.2) is 30.8 Å². The van der Waals surface area contributed by atoms with Crippen LogP contribution in [0.4, 0.5) is 5.69 Å². The third kappa shape index (κ3) is 3.59. The number of aryl methyl sites for hydroxylation is 3. The number of para-hydroxylation sites is 2. The molecule has 154 valence electrons. The van der Waals surface area contributed by atoms with Gasteiger partial charge in [-0.05, 0) is 43.5 Å². The number of fused-ring (bicyclic) bond motifs is 3. The van der Waals surface area contributed by atoms with Crippen LogP contribution < -0.4 is 10.9 Å². The maximum atomic E-state index is 12.9. The van der Waals surface area contributed by atoms with Crippen molar-refractivity contribution < 1.29 is 4.79 Å². The molecule has 0 aliphatic heterocycles. The van der Waals surface area contributed by atoms with E-state index in [-0.39, 0.29) is 17.2 Å². The van der Waals surface area contributed by atoms with Crippen LogP contribution in [0.2, 0.25) is 0 Å². The first-order chi connectivity index (χ1) is 14.5. The summed E-state index contributed by atoms with van der Waals surface area (Å²) in [5.41, 5.74) is 3.56. The van der Waals surface area contributed by atoms with Crippen LogP contribution in [-0.2, 0) is 11.3 Å². The predicted molar refractivity (Wildman–Crippen MR) is 120 cm³/mol. The van der Waals surface area contributed by atoms with E-state index < -0.39 is 0 Å². The van der Waals surface area contributed by atoms with Gasteiger partial charge in [-0.25, -0.2) is 0 Å². The van der Waals surface area contributed by atoms with Crippen molar-refractivity contribution in [2.45, 2.75) is 38.9 Å². The standard InChI is InChI=1S/C22H23N5O2S/c1-4-12-26-20(29)16-10-5-6-11-17(16)27-21(26)24-25-22(27)30-13-18(28)23-19-14(2)8-7-9-15(19)3/h5-11H,4,12-13H2,1-3H3,(H,23,28). The third-order valence-electron chi connectivity index (χ3n) is 5.00. The summed E-state index contributed by atoms with van der Waals surface area (Å²) in [4.78, 5) is 25.5. The predicted octanol–water partition coefficient (Wildman–Crippen LogP) is 3.80. The summed E-state index contributed by atoms with van der Waals surface area (Å²) in [5.74, 6) is 0.578. The molecule has 1 N–H and O–H groups in total. The van der Waals surface area contributed by atoms with Crippen molar-refractivity contribution in [2.75, 3.05) is 11.1 Å². The highest BCUT2D eigenvalue weighted by molar-refractivity contribution is 7.99. The number of thioether (sulfide) groups is 1. The summed E-state index contributed by atoms with van der Waals surface area (Å²) in [5, 5.41) is 12.7. The zero-order valence-corrected chi connectivity index (χ0v) is 18.0. The van der Waals surface area contributed by atoms with E-state index in [1.165, 1.54) is 11.8 Å². The van der Waals surface area contributed by atoms with Gasteiger partial charge in [-0.2, -0.15) is 0 Å². The second kappa shape index (κ2) is 8.31. The number of carbonyl (C=O) groups is 1. The van der Waals surface area contributed by atoms with Gasteiger partial charge in [-0.3, -0.25) is 18.6 Å². The van der Waals surface area contributed by atoms with E-state index in [2.05, 4.69) is 15.5 Å². The van der Waals surface area contributed by atoms with Crippen molar-refractivity contribution in [3.63, 3.8) is 0 Å². The molecule has 4 rings (SSSR count). The van der Waals surface area contributed by atoms with Gasteiger partial charge < -0.3 is 5.32 Å². The highest BCUT2D eigenvalue weighted by atomic mass is 32.2. The molecule has 2 heterocycles. The van der Waals surface area contributed by atoms with Crippen molar-refractivity contribution in [1.29, 1.82) is 0 Å². The first-order valence-electron chi connectivity index (χ1n) is 9.86. The first kappa shape index (κ1) is 20.2. The van der Waals surface area contributed by atoms with Crippen LogP contribution in [0.5, 0.6) is 0 Å². The topological polar surface area (TPSA) is 81.3 Å². The highest BCUT2D eigenvalue weighted by Gasteiger charge is 2.17. The lowest BCUT2D eigenvalue weighted by molar-refractivity contribution is -0.113. The van der Waals surface area contributed by atoms with Gasteiger partial charge in [0.1, 0.15) is 0 Å². The Morgan fingerprint density at radius 2 is 1.80 bits per heavy atom. The molecule has 0 unspecified atom stereocenters. The van der Waals surface area contributed by atoms with Crippen molar-refractivity contribution in [2.24, 2.45) is 0 Å². The minimum Gasteiger partial charge on any atom is -0.325 e. The fourth-order valence-corrected chi connectivity index (χ4v) is 4.31. The Bertz CT molecular complexity index is 1290. The molecular weight excluding hydrogens is 398 g/mol. The van der Waals surface area contributed by atoms with E-state index in [1.54, 1.807) is 4.57 Å². The summed E-state index contributed by atoms with van der Waals surface area (Å²) >= 11 is 1.31. The Labute approximate surface area is 178 Å². The summed E-state index contributed by atoms with van der Waals surface area (Å²) in [6.45, 7) is 6.52. The van der Waals surface area contributed by atoms with E-state index in [9.17, 15) is 9.59 Å². The minimum absolute atomic E-state index is 0.0725. The molecule has 0 radical (unpaired) electrons. The van der Waals surface area contributed by atoms with Gasteiger partial charge >= 0.3 is 0 Å². The highest BCUT2D eigenvalue weighted by Crippen LogP contribution is 2.23. The summed E-state index contributed by atoms with van der Waals surface area (Å²) in [6, 6.07) is 13.3. The summed E-state index contributed by atoms with van der Waals surface area (Å²) in [6.07, 6.45) is 0.807. The Kier molecular flexibility index (Phi) is 5.59. The second-order valence-electron chi connectivity index (χ2n) is 7.20. The fourth-order valence-electron chi connectivity index (χ4n) is 3.57. The smallest absolute Gasteiger partial charge is 0.262 e. The molecule has 0 saturated heterocycles. The largest absolute Gasteiger partial charge is 0.325 e. The molecule has 0 fully saturated rings. The lowest BCUT2D eigenvalue weighted by Gasteiger charge is -2.12. The van der Waals surface area contributed by atoms with Crippen molar-refractivity contribution in [1.82, 2.24) is 19.2 Å². The molecule has 1 amide bonds. The van der Waals surface area contributed by atoms with Gasteiger partial charge in [0, 0.05) is 12.2 Å². The number of nitrogens with zero attached hydrogens (tertiary/aromatic N) is 4. The number of benzene rings is 2. The SMILES string of the molecule is CCCn1c(=O)c2ccccc2n2c(SCC(=O)Nc3c(C)cccc3C)nnc12. The van der Waals surface area contributed by atoms with Gasteiger partial charge in [0.2, 0.25) is 11.7 Å². The molecule has 8 heteroatoms. The van der Waals surface area contributed by atoms with Gasteiger partial charge in [0.15, 0.2) is 5.16 Å². The Hall–Kier alpha value is -3.13. The van der Waals surface area contributed by atoms with Crippen molar-refractivity contribution >= 4 is 40.0 Å². The number of hydrogen-bond donors (Lipinski definition) is 1. The Balaban J connectivity index is 1.67. The molecule has 0 saturated carbocycles. The quantitative estimate of drug-likeness (QED) is 0.479. The number of rotatable bonds is 6. The normalized spacial score (nSPS) is 11.3. The van der Waals surface area contributed by atoms with Gasteiger partial charge in [0.25, 0.3) is 5.56 Å². The molecule has 0 spiro atoms. The minimum atomic E-state index is -0.111. The molecule has 4 aromatic rings.